The minimum atomic E-state index is -0.107. The van der Waals surface area contributed by atoms with Gasteiger partial charge in [-0.15, -0.1) is 11.3 Å². The smallest absolute Gasteiger partial charge is 0.231 e. The molecule has 0 radical (unpaired) electrons. The summed E-state index contributed by atoms with van der Waals surface area (Å²) in [5.74, 6) is -0.107. The number of amides is 1. The number of nitrogens with one attached hydrogen (secondary N) is 1. The first-order valence-electron chi connectivity index (χ1n) is 6.86. The van der Waals surface area contributed by atoms with Crippen molar-refractivity contribution >= 4 is 46.1 Å². The summed E-state index contributed by atoms with van der Waals surface area (Å²) in [6.07, 6.45) is 0.237. The predicted octanol–water partition coefficient (Wildman–Crippen LogP) is 5.30. The van der Waals surface area contributed by atoms with Gasteiger partial charge >= 0.3 is 0 Å². The lowest BCUT2D eigenvalue weighted by molar-refractivity contribution is -0.115. The van der Waals surface area contributed by atoms with E-state index in [9.17, 15) is 4.79 Å². The first-order chi connectivity index (χ1) is 11.1. The Kier molecular flexibility index (Phi) is 4.96. The highest BCUT2D eigenvalue weighted by Gasteiger charge is 2.09. The largest absolute Gasteiger partial charge is 0.326 e. The molecule has 1 N–H and O–H groups in total. The van der Waals surface area contributed by atoms with Gasteiger partial charge in [-0.1, -0.05) is 35.3 Å². The molecule has 3 nitrogen and oxygen atoms in total. The molecule has 0 atom stereocenters. The van der Waals surface area contributed by atoms with Crippen molar-refractivity contribution in [3.63, 3.8) is 0 Å². The first kappa shape index (κ1) is 16.0. The standard InChI is InChI=1S/C17H12Cl2N2OS/c18-12-3-1-11(2-4-12)15-10-23-17(21-15)9-16(22)20-14-7-5-13(19)6-8-14/h1-8,10H,9H2,(H,20,22). The fourth-order valence-electron chi connectivity index (χ4n) is 2.02. The maximum Gasteiger partial charge on any atom is 0.231 e. The van der Waals surface area contributed by atoms with Crippen molar-refractivity contribution in [2.24, 2.45) is 0 Å². The molecule has 0 aliphatic rings. The Labute approximate surface area is 147 Å². The number of benzene rings is 2. The molecule has 1 amide bonds. The fraction of sp³-hybridized carbons (Fsp3) is 0.0588. The number of anilines is 1. The van der Waals surface area contributed by atoms with Gasteiger partial charge in [-0.05, 0) is 36.4 Å². The highest BCUT2D eigenvalue weighted by molar-refractivity contribution is 7.10. The summed E-state index contributed by atoms with van der Waals surface area (Å²) in [6.45, 7) is 0. The Bertz CT molecular complexity index is 813. The van der Waals surface area contributed by atoms with Gasteiger partial charge in [0, 0.05) is 26.7 Å². The van der Waals surface area contributed by atoms with Gasteiger partial charge in [0.15, 0.2) is 0 Å². The van der Waals surface area contributed by atoms with Gasteiger partial charge in [0.2, 0.25) is 5.91 Å². The fourth-order valence-corrected chi connectivity index (χ4v) is 3.07. The van der Waals surface area contributed by atoms with Crippen LogP contribution in [0.25, 0.3) is 11.3 Å². The summed E-state index contributed by atoms with van der Waals surface area (Å²) in [7, 11) is 0. The van der Waals surface area contributed by atoms with E-state index in [-0.39, 0.29) is 12.3 Å². The van der Waals surface area contributed by atoms with Gasteiger partial charge in [0.05, 0.1) is 12.1 Å². The molecule has 0 spiro atoms. The van der Waals surface area contributed by atoms with Crippen LogP contribution in [-0.4, -0.2) is 10.9 Å². The van der Waals surface area contributed by atoms with Crippen LogP contribution in [0, 0.1) is 0 Å². The summed E-state index contributed by atoms with van der Waals surface area (Å²) in [5, 5.41) is 6.85. The van der Waals surface area contributed by atoms with Crippen LogP contribution in [0.1, 0.15) is 5.01 Å². The van der Waals surface area contributed by atoms with Crippen molar-refractivity contribution in [2.75, 3.05) is 5.32 Å². The van der Waals surface area contributed by atoms with Gasteiger partial charge in [-0.25, -0.2) is 4.98 Å². The summed E-state index contributed by atoms with van der Waals surface area (Å²) >= 11 is 13.2. The van der Waals surface area contributed by atoms with Gasteiger partial charge < -0.3 is 5.32 Å². The van der Waals surface area contributed by atoms with Crippen LogP contribution in [0.15, 0.2) is 53.9 Å². The monoisotopic (exact) mass is 362 g/mol. The third kappa shape index (κ3) is 4.32. The molecule has 1 aromatic heterocycles. The first-order valence-corrected chi connectivity index (χ1v) is 8.49. The van der Waals surface area contributed by atoms with E-state index in [4.69, 9.17) is 23.2 Å². The van der Waals surface area contributed by atoms with E-state index >= 15 is 0 Å². The Balaban J connectivity index is 1.65. The zero-order chi connectivity index (χ0) is 16.2. The van der Waals surface area contributed by atoms with E-state index in [1.54, 1.807) is 24.3 Å². The second-order valence-corrected chi connectivity index (χ2v) is 6.68. The van der Waals surface area contributed by atoms with Crippen molar-refractivity contribution in [2.45, 2.75) is 6.42 Å². The summed E-state index contributed by atoms with van der Waals surface area (Å²) in [6, 6.07) is 14.5. The van der Waals surface area contributed by atoms with Gasteiger partial charge in [0.25, 0.3) is 0 Å². The Morgan fingerprint density at radius 2 is 1.61 bits per heavy atom. The van der Waals surface area contributed by atoms with Crippen LogP contribution in [0.2, 0.25) is 10.0 Å². The van der Waals surface area contributed by atoms with Gasteiger partial charge in [-0.2, -0.15) is 0 Å². The van der Waals surface area contributed by atoms with E-state index in [1.165, 1.54) is 11.3 Å². The summed E-state index contributed by atoms with van der Waals surface area (Å²) < 4.78 is 0. The molecule has 3 aromatic rings. The molecular weight excluding hydrogens is 351 g/mol. The third-order valence-corrected chi connectivity index (χ3v) is 4.48. The van der Waals surface area contributed by atoms with E-state index in [2.05, 4.69) is 10.3 Å². The minimum absolute atomic E-state index is 0.107. The molecule has 0 saturated heterocycles. The average Bonchev–Trinajstić information content (AvgIpc) is 2.98. The normalized spacial score (nSPS) is 10.5. The molecule has 2 aromatic carbocycles. The highest BCUT2D eigenvalue weighted by Crippen LogP contribution is 2.24. The molecule has 116 valence electrons. The van der Waals surface area contributed by atoms with Crippen LogP contribution >= 0.6 is 34.5 Å². The van der Waals surface area contributed by atoms with Crippen molar-refractivity contribution < 1.29 is 4.79 Å². The molecule has 0 fully saturated rings. The average molecular weight is 363 g/mol. The second kappa shape index (κ2) is 7.13. The molecule has 0 unspecified atom stereocenters. The lowest BCUT2D eigenvalue weighted by Gasteiger charge is -2.03. The van der Waals surface area contributed by atoms with Crippen LogP contribution in [0.3, 0.4) is 0 Å². The zero-order valence-corrected chi connectivity index (χ0v) is 14.3. The van der Waals surface area contributed by atoms with Gasteiger partial charge in [0.1, 0.15) is 5.01 Å². The zero-order valence-electron chi connectivity index (χ0n) is 11.9. The van der Waals surface area contributed by atoms with E-state index in [1.807, 2.05) is 29.6 Å². The number of nitrogens with zero attached hydrogens (tertiary/aromatic N) is 1. The molecule has 0 bridgehead atoms. The number of carbonyl (C=O) groups is 1. The van der Waals surface area contributed by atoms with Crippen molar-refractivity contribution in [1.29, 1.82) is 0 Å². The number of hydrogen-bond donors (Lipinski definition) is 1. The topological polar surface area (TPSA) is 42.0 Å². The molecule has 23 heavy (non-hydrogen) atoms. The third-order valence-electron chi connectivity index (χ3n) is 3.13. The van der Waals surface area contributed by atoms with Crippen molar-refractivity contribution in [3.05, 3.63) is 69.0 Å². The lowest BCUT2D eigenvalue weighted by atomic mass is 10.2. The van der Waals surface area contributed by atoms with Crippen LogP contribution in [0.4, 0.5) is 5.69 Å². The molecule has 0 saturated carbocycles. The highest BCUT2D eigenvalue weighted by atomic mass is 35.5. The Morgan fingerprint density at radius 1 is 1.00 bits per heavy atom. The predicted molar refractivity (Wildman–Crippen MR) is 96.3 cm³/mol. The van der Waals surface area contributed by atoms with Gasteiger partial charge in [-0.3, -0.25) is 4.79 Å². The van der Waals surface area contributed by atoms with E-state index in [0.29, 0.717) is 15.7 Å². The van der Waals surface area contributed by atoms with Crippen LogP contribution < -0.4 is 5.32 Å². The maximum absolute atomic E-state index is 12.1. The van der Waals surface area contributed by atoms with Crippen LogP contribution in [0.5, 0.6) is 0 Å². The number of carbonyl (C=O) groups excluding carboxylic acids is 1. The number of aromatic nitrogens is 1. The molecule has 6 heteroatoms. The lowest BCUT2D eigenvalue weighted by Crippen LogP contribution is -2.14. The molecule has 1 heterocycles. The molecule has 3 rings (SSSR count). The van der Waals surface area contributed by atoms with Crippen LogP contribution in [-0.2, 0) is 11.2 Å². The maximum atomic E-state index is 12.1. The number of rotatable bonds is 4. The SMILES string of the molecule is O=C(Cc1nc(-c2ccc(Cl)cc2)cs1)Nc1ccc(Cl)cc1. The van der Waals surface area contributed by atoms with E-state index in [0.717, 1.165) is 16.3 Å². The Morgan fingerprint density at radius 3 is 2.26 bits per heavy atom. The summed E-state index contributed by atoms with van der Waals surface area (Å²) in [4.78, 5) is 16.6. The van der Waals surface area contributed by atoms with E-state index < -0.39 is 0 Å². The summed E-state index contributed by atoms with van der Waals surface area (Å²) in [5.41, 5.74) is 2.55. The second-order valence-electron chi connectivity index (χ2n) is 4.87. The molecular formula is C17H12Cl2N2OS. The number of halogens is 2. The number of hydrogen-bond acceptors (Lipinski definition) is 3. The van der Waals surface area contributed by atoms with Crippen molar-refractivity contribution in [3.8, 4) is 11.3 Å². The number of thiazole rings is 1. The molecule has 0 aliphatic heterocycles. The molecule has 0 aliphatic carbocycles. The van der Waals surface area contributed by atoms with Crippen molar-refractivity contribution in [1.82, 2.24) is 4.98 Å². The Hall–Kier alpha value is -1.88. The minimum Gasteiger partial charge on any atom is -0.326 e. The quantitative estimate of drug-likeness (QED) is 0.684.